The number of aldehydes is 1. The van der Waals surface area contributed by atoms with E-state index in [1.807, 2.05) is 13.8 Å². The number of aromatic nitrogens is 4. The molecular weight excluding hydrogens is 274 g/mol. The predicted molar refractivity (Wildman–Crippen MR) is 75.5 cm³/mol. The zero-order valence-electron chi connectivity index (χ0n) is 11.8. The smallest absolute Gasteiger partial charge is 0.280 e. The summed E-state index contributed by atoms with van der Waals surface area (Å²) in [5, 5.41) is 0. The Labute approximate surface area is 120 Å². The van der Waals surface area contributed by atoms with Gasteiger partial charge in [-0.3, -0.25) is 14.3 Å². The van der Waals surface area contributed by atoms with Crippen LogP contribution in [0.2, 0.25) is 0 Å². The first-order chi connectivity index (χ1) is 10.0. The van der Waals surface area contributed by atoms with E-state index in [-0.39, 0.29) is 41.2 Å². The van der Waals surface area contributed by atoms with Crippen LogP contribution in [0.3, 0.4) is 0 Å². The molecular formula is C13H17N5O3. The van der Waals surface area contributed by atoms with E-state index in [9.17, 15) is 9.59 Å². The second-order valence-corrected chi connectivity index (χ2v) is 5.46. The van der Waals surface area contributed by atoms with E-state index in [1.165, 1.54) is 6.33 Å². The molecule has 2 aromatic rings. The highest BCUT2D eigenvalue weighted by Gasteiger charge is 2.40. The van der Waals surface area contributed by atoms with Gasteiger partial charge < -0.3 is 15.3 Å². The maximum Gasteiger partial charge on any atom is 0.280 e. The molecule has 0 radical (unpaired) electrons. The average Bonchev–Trinajstić information content (AvgIpc) is 2.96. The molecule has 0 bridgehead atoms. The van der Waals surface area contributed by atoms with E-state index in [0.717, 1.165) is 6.29 Å². The number of aromatic amines is 1. The maximum absolute atomic E-state index is 11.8. The van der Waals surface area contributed by atoms with Gasteiger partial charge in [0.15, 0.2) is 11.2 Å². The molecule has 1 aliphatic rings. The number of nitrogens with zero attached hydrogens (tertiary/aromatic N) is 3. The van der Waals surface area contributed by atoms with Crippen LogP contribution in [0.25, 0.3) is 11.2 Å². The summed E-state index contributed by atoms with van der Waals surface area (Å²) < 4.78 is 7.67. The molecule has 0 saturated carbocycles. The van der Waals surface area contributed by atoms with Crippen LogP contribution in [-0.4, -0.2) is 31.9 Å². The van der Waals surface area contributed by atoms with Crippen molar-refractivity contribution in [2.75, 3.05) is 5.73 Å². The number of hydrogen-bond donors (Lipinski definition) is 2. The highest BCUT2D eigenvalue weighted by molar-refractivity contribution is 5.70. The first-order valence-electron chi connectivity index (χ1n) is 6.84. The van der Waals surface area contributed by atoms with Gasteiger partial charge in [-0.15, -0.1) is 0 Å². The molecule has 3 heterocycles. The molecule has 0 amide bonds. The summed E-state index contributed by atoms with van der Waals surface area (Å²) in [7, 11) is 0. The predicted octanol–water partition coefficient (Wildman–Crippen LogP) is 0.460. The molecule has 4 atom stereocenters. The van der Waals surface area contributed by atoms with Crippen molar-refractivity contribution in [2.45, 2.75) is 32.6 Å². The molecule has 8 heteroatoms. The van der Waals surface area contributed by atoms with Gasteiger partial charge in [-0.1, -0.05) is 13.8 Å². The topological polar surface area (TPSA) is 116 Å². The Morgan fingerprint density at radius 2 is 2.24 bits per heavy atom. The Bertz CT molecular complexity index is 737. The minimum absolute atomic E-state index is 0.0392. The zero-order chi connectivity index (χ0) is 15.1. The third-order valence-corrected chi connectivity index (χ3v) is 4.23. The number of hydrogen-bond acceptors (Lipinski definition) is 6. The number of anilines is 1. The third kappa shape index (κ3) is 2.11. The fraction of sp³-hybridized carbons (Fsp3) is 0.538. The minimum atomic E-state index is -0.376. The molecule has 0 spiro atoms. The number of imidazole rings is 1. The van der Waals surface area contributed by atoms with E-state index in [0.29, 0.717) is 12.1 Å². The van der Waals surface area contributed by atoms with Crippen molar-refractivity contribution in [1.82, 2.24) is 19.5 Å². The summed E-state index contributed by atoms with van der Waals surface area (Å²) in [6.07, 6.45) is 2.29. The van der Waals surface area contributed by atoms with Crippen molar-refractivity contribution in [3.05, 3.63) is 16.7 Å². The van der Waals surface area contributed by atoms with Crippen LogP contribution in [0.4, 0.5) is 5.95 Å². The monoisotopic (exact) mass is 291 g/mol. The van der Waals surface area contributed by atoms with E-state index < -0.39 is 0 Å². The van der Waals surface area contributed by atoms with Crippen LogP contribution in [0, 0.1) is 11.8 Å². The van der Waals surface area contributed by atoms with Gasteiger partial charge in [0.25, 0.3) is 5.56 Å². The van der Waals surface area contributed by atoms with Gasteiger partial charge in [0, 0.05) is 12.3 Å². The van der Waals surface area contributed by atoms with Crippen molar-refractivity contribution >= 4 is 23.4 Å². The van der Waals surface area contributed by atoms with E-state index in [2.05, 4.69) is 15.0 Å². The lowest BCUT2D eigenvalue weighted by Crippen LogP contribution is -2.17. The number of nitrogen functional groups attached to an aromatic ring is 1. The highest BCUT2D eigenvalue weighted by Crippen LogP contribution is 2.40. The molecule has 3 N–H and O–H groups in total. The van der Waals surface area contributed by atoms with Crippen LogP contribution in [0.5, 0.6) is 0 Å². The second kappa shape index (κ2) is 4.96. The van der Waals surface area contributed by atoms with Gasteiger partial charge in [0.1, 0.15) is 12.5 Å². The molecule has 3 rings (SSSR count). The van der Waals surface area contributed by atoms with Crippen LogP contribution < -0.4 is 11.3 Å². The molecule has 0 aromatic carbocycles. The normalized spacial score (nSPS) is 29.0. The Kier molecular flexibility index (Phi) is 3.25. The SMILES string of the molecule is C[C@@H]1[C@H](C)[C@@H](CC=O)O[C@H]1n1cnc2c(=O)[nH]c(N)nc21. The van der Waals surface area contributed by atoms with E-state index in [1.54, 1.807) is 4.57 Å². The molecule has 2 aromatic heterocycles. The van der Waals surface area contributed by atoms with Gasteiger partial charge >= 0.3 is 0 Å². The van der Waals surface area contributed by atoms with Crippen molar-refractivity contribution in [2.24, 2.45) is 11.8 Å². The van der Waals surface area contributed by atoms with Gasteiger partial charge in [-0.25, -0.2) is 4.98 Å². The Morgan fingerprint density at radius 1 is 1.48 bits per heavy atom. The van der Waals surface area contributed by atoms with Crippen molar-refractivity contribution < 1.29 is 9.53 Å². The standard InChI is InChI=1S/C13H17N5O3/c1-6-7(2)12(21-8(6)3-4-19)18-5-15-9-10(18)16-13(14)17-11(9)20/h4-8,12H,3H2,1-2H3,(H3,14,16,17,20)/t6-,7+,8+,12+/m0/s1. The first-order valence-corrected chi connectivity index (χ1v) is 6.84. The Balaban J connectivity index is 2.05. The number of rotatable bonds is 3. The fourth-order valence-electron chi connectivity index (χ4n) is 2.84. The molecule has 112 valence electrons. The molecule has 0 aliphatic carbocycles. The van der Waals surface area contributed by atoms with Crippen molar-refractivity contribution in [3.8, 4) is 0 Å². The number of fused-ring (bicyclic) bond motifs is 1. The Hall–Kier alpha value is -2.22. The molecule has 21 heavy (non-hydrogen) atoms. The summed E-state index contributed by atoms with van der Waals surface area (Å²) in [6.45, 7) is 4.09. The lowest BCUT2D eigenvalue weighted by Gasteiger charge is -2.17. The van der Waals surface area contributed by atoms with Crippen molar-refractivity contribution in [3.63, 3.8) is 0 Å². The number of ether oxygens (including phenoxy) is 1. The molecule has 0 unspecified atom stereocenters. The number of nitrogens with one attached hydrogen (secondary N) is 1. The average molecular weight is 291 g/mol. The third-order valence-electron chi connectivity index (χ3n) is 4.23. The highest BCUT2D eigenvalue weighted by atomic mass is 16.5. The molecule has 1 aliphatic heterocycles. The zero-order valence-corrected chi connectivity index (χ0v) is 11.8. The van der Waals surface area contributed by atoms with Gasteiger partial charge in [-0.05, 0) is 5.92 Å². The number of H-pyrrole nitrogens is 1. The number of carbonyl (C=O) groups is 1. The largest absolute Gasteiger partial charge is 0.369 e. The summed E-state index contributed by atoms with van der Waals surface area (Å²) in [6, 6.07) is 0. The van der Waals surface area contributed by atoms with Crippen LogP contribution in [-0.2, 0) is 9.53 Å². The second-order valence-electron chi connectivity index (χ2n) is 5.46. The van der Waals surface area contributed by atoms with Gasteiger partial charge in [0.2, 0.25) is 5.95 Å². The van der Waals surface area contributed by atoms with Gasteiger partial charge in [-0.2, -0.15) is 4.98 Å². The molecule has 1 fully saturated rings. The fourth-order valence-corrected chi connectivity index (χ4v) is 2.84. The summed E-state index contributed by atoms with van der Waals surface area (Å²) >= 11 is 0. The first kappa shape index (κ1) is 13.7. The van der Waals surface area contributed by atoms with Crippen LogP contribution >= 0.6 is 0 Å². The lowest BCUT2D eigenvalue weighted by atomic mass is 9.91. The lowest BCUT2D eigenvalue weighted by molar-refractivity contribution is -0.111. The Morgan fingerprint density at radius 3 is 2.95 bits per heavy atom. The van der Waals surface area contributed by atoms with E-state index in [4.69, 9.17) is 10.5 Å². The molecule has 1 saturated heterocycles. The van der Waals surface area contributed by atoms with E-state index >= 15 is 0 Å². The summed E-state index contributed by atoms with van der Waals surface area (Å²) in [5.41, 5.74) is 5.84. The van der Waals surface area contributed by atoms with Crippen LogP contribution in [0.1, 0.15) is 26.5 Å². The summed E-state index contributed by atoms with van der Waals surface area (Å²) in [4.78, 5) is 33.2. The molecule has 8 nitrogen and oxygen atoms in total. The van der Waals surface area contributed by atoms with Crippen LogP contribution in [0.15, 0.2) is 11.1 Å². The quantitative estimate of drug-likeness (QED) is 0.794. The minimum Gasteiger partial charge on any atom is -0.369 e. The summed E-state index contributed by atoms with van der Waals surface area (Å²) in [5.74, 6) is 0.420. The van der Waals surface area contributed by atoms with Crippen molar-refractivity contribution in [1.29, 1.82) is 0 Å². The number of carbonyl (C=O) groups excluding carboxylic acids is 1. The van der Waals surface area contributed by atoms with Gasteiger partial charge in [0.05, 0.1) is 12.4 Å². The number of nitrogens with two attached hydrogens (primary N) is 1. The maximum atomic E-state index is 11.8.